The van der Waals surface area contributed by atoms with E-state index in [1.165, 1.54) is 94.6 Å². The zero-order valence-electron chi connectivity index (χ0n) is 17.2. The molecule has 0 aliphatic carbocycles. The van der Waals surface area contributed by atoms with Gasteiger partial charge in [0.2, 0.25) is 0 Å². The van der Waals surface area contributed by atoms with Gasteiger partial charge in [0.05, 0.1) is 0 Å². The van der Waals surface area contributed by atoms with E-state index in [0.717, 1.165) is 6.42 Å². The first kappa shape index (κ1) is 22.1. The van der Waals surface area contributed by atoms with Gasteiger partial charge in [-0.25, -0.2) is 0 Å². The molecule has 1 aromatic rings. The summed E-state index contributed by atoms with van der Waals surface area (Å²) < 4.78 is 0. The first-order valence-corrected chi connectivity index (χ1v) is 11.0. The minimum atomic E-state index is 0.523. The fraction of sp³-hybridized carbons (Fsp3) is 0.750. The van der Waals surface area contributed by atoms with Crippen molar-refractivity contribution in [2.75, 3.05) is 0 Å². The second kappa shape index (κ2) is 14.2. The fourth-order valence-electron chi connectivity index (χ4n) is 3.90. The molecule has 1 rings (SSSR count). The van der Waals surface area contributed by atoms with Crippen molar-refractivity contribution in [3.8, 4) is 5.75 Å². The lowest BCUT2D eigenvalue weighted by Crippen LogP contribution is -2.03. The number of hydrogen-bond acceptors (Lipinski definition) is 1. The van der Waals surface area contributed by atoms with Crippen molar-refractivity contribution >= 4 is 0 Å². The van der Waals surface area contributed by atoms with Gasteiger partial charge in [-0.15, -0.1) is 0 Å². The number of benzene rings is 1. The molecule has 25 heavy (non-hydrogen) atoms. The molecule has 0 heterocycles. The van der Waals surface area contributed by atoms with Gasteiger partial charge in [-0.1, -0.05) is 97.1 Å². The first-order chi connectivity index (χ1) is 12.2. The molecule has 0 spiro atoms. The normalized spacial score (nSPS) is 12.4. The van der Waals surface area contributed by atoms with Gasteiger partial charge in [0, 0.05) is 0 Å². The Hall–Kier alpha value is -0.980. The minimum Gasteiger partial charge on any atom is -0.508 e. The second-order valence-corrected chi connectivity index (χ2v) is 7.67. The molecule has 1 N–H and O–H groups in total. The fourth-order valence-corrected chi connectivity index (χ4v) is 3.90. The molecule has 144 valence electrons. The highest BCUT2D eigenvalue weighted by atomic mass is 16.3. The maximum Gasteiger partial charge on any atom is 0.119 e. The van der Waals surface area contributed by atoms with Crippen LogP contribution >= 0.6 is 0 Å². The number of rotatable bonds is 15. The maximum absolute atomic E-state index is 10.4. The summed E-state index contributed by atoms with van der Waals surface area (Å²) >= 11 is 0. The van der Waals surface area contributed by atoms with Crippen LogP contribution in [0.25, 0.3) is 0 Å². The van der Waals surface area contributed by atoms with Gasteiger partial charge in [-0.05, 0) is 48.8 Å². The lowest BCUT2D eigenvalue weighted by Gasteiger charge is -2.20. The highest BCUT2D eigenvalue weighted by Gasteiger charge is 2.15. The van der Waals surface area contributed by atoms with E-state index in [9.17, 15) is 5.11 Å². The Kier molecular flexibility index (Phi) is 12.5. The average Bonchev–Trinajstić information content (AvgIpc) is 2.62. The number of unbranched alkanes of at least 4 members (excludes halogenated alkanes) is 9. The Morgan fingerprint density at radius 1 is 0.760 bits per heavy atom. The third kappa shape index (κ3) is 8.79. The summed E-state index contributed by atoms with van der Waals surface area (Å²) in [6, 6.07) is 6.17. The standard InChI is InChI=1S/C24H42O/c1-4-7-9-10-11-12-13-15-18-23-22(19-16-20-24(23)25)21(6-3)17-14-8-5-2/h16,19-21,25H,4-15,17-18H2,1-3H3. The Balaban J connectivity index is 2.49. The molecule has 1 unspecified atom stereocenters. The van der Waals surface area contributed by atoms with Crippen LogP contribution in [0.2, 0.25) is 0 Å². The van der Waals surface area contributed by atoms with E-state index in [-0.39, 0.29) is 0 Å². The van der Waals surface area contributed by atoms with E-state index >= 15 is 0 Å². The molecule has 0 aliphatic rings. The number of phenols is 1. The van der Waals surface area contributed by atoms with Gasteiger partial charge < -0.3 is 5.11 Å². The van der Waals surface area contributed by atoms with E-state index in [0.29, 0.717) is 11.7 Å². The summed E-state index contributed by atoms with van der Waals surface area (Å²) in [6.07, 6.45) is 18.1. The lowest BCUT2D eigenvalue weighted by molar-refractivity contribution is 0.460. The summed E-state index contributed by atoms with van der Waals surface area (Å²) in [5, 5.41) is 10.4. The third-order valence-corrected chi connectivity index (χ3v) is 5.56. The minimum absolute atomic E-state index is 0.523. The molecule has 0 radical (unpaired) electrons. The Bertz CT molecular complexity index is 438. The van der Waals surface area contributed by atoms with Crippen molar-refractivity contribution in [1.29, 1.82) is 0 Å². The predicted octanol–water partition coefficient (Wildman–Crippen LogP) is 8.15. The molecule has 0 bridgehead atoms. The third-order valence-electron chi connectivity index (χ3n) is 5.56. The smallest absolute Gasteiger partial charge is 0.119 e. The van der Waals surface area contributed by atoms with Crippen LogP contribution in [0.15, 0.2) is 18.2 Å². The molecule has 1 atom stereocenters. The molecule has 0 aliphatic heterocycles. The number of hydrogen-bond donors (Lipinski definition) is 1. The van der Waals surface area contributed by atoms with Crippen LogP contribution in [0.5, 0.6) is 5.75 Å². The molecule has 0 saturated carbocycles. The Morgan fingerprint density at radius 2 is 1.36 bits per heavy atom. The number of aromatic hydroxyl groups is 1. The largest absolute Gasteiger partial charge is 0.508 e. The van der Waals surface area contributed by atoms with Gasteiger partial charge in [0.25, 0.3) is 0 Å². The van der Waals surface area contributed by atoms with Gasteiger partial charge in [0.1, 0.15) is 5.75 Å². The van der Waals surface area contributed by atoms with Crippen LogP contribution < -0.4 is 0 Å². The molecular formula is C24H42O. The van der Waals surface area contributed by atoms with Crippen molar-refractivity contribution in [1.82, 2.24) is 0 Å². The molecule has 0 aromatic heterocycles. The Morgan fingerprint density at radius 3 is 2.00 bits per heavy atom. The van der Waals surface area contributed by atoms with E-state index in [2.05, 4.69) is 26.8 Å². The molecular weight excluding hydrogens is 304 g/mol. The quantitative estimate of drug-likeness (QED) is 0.318. The predicted molar refractivity (Wildman–Crippen MR) is 112 cm³/mol. The lowest BCUT2D eigenvalue weighted by atomic mass is 9.86. The number of phenolic OH excluding ortho intramolecular Hbond substituents is 1. The molecule has 1 aromatic carbocycles. The van der Waals surface area contributed by atoms with Crippen molar-refractivity contribution in [2.24, 2.45) is 0 Å². The SMILES string of the molecule is CCCCCCCCCCc1c(O)cccc1C(CC)CCCCC. The topological polar surface area (TPSA) is 20.2 Å². The van der Waals surface area contributed by atoms with E-state index in [4.69, 9.17) is 0 Å². The summed E-state index contributed by atoms with van der Waals surface area (Å²) in [5.41, 5.74) is 2.65. The highest BCUT2D eigenvalue weighted by Crippen LogP contribution is 2.33. The maximum atomic E-state index is 10.4. The van der Waals surface area contributed by atoms with Crippen LogP contribution in [0.3, 0.4) is 0 Å². The van der Waals surface area contributed by atoms with Crippen LogP contribution in [-0.4, -0.2) is 5.11 Å². The van der Waals surface area contributed by atoms with Crippen LogP contribution in [0, 0.1) is 0 Å². The first-order valence-electron chi connectivity index (χ1n) is 11.0. The van der Waals surface area contributed by atoms with Crippen LogP contribution in [0.1, 0.15) is 121 Å². The van der Waals surface area contributed by atoms with E-state index < -0.39 is 0 Å². The van der Waals surface area contributed by atoms with Crippen molar-refractivity contribution in [3.05, 3.63) is 29.3 Å². The molecule has 1 heteroatoms. The van der Waals surface area contributed by atoms with Crippen molar-refractivity contribution in [3.63, 3.8) is 0 Å². The van der Waals surface area contributed by atoms with Gasteiger partial charge in [0.15, 0.2) is 0 Å². The van der Waals surface area contributed by atoms with Crippen molar-refractivity contribution < 1.29 is 5.11 Å². The molecule has 0 saturated heterocycles. The molecule has 0 amide bonds. The Labute approximate surface area is 157 Å². The average molecular weight is 347 g/mol. The van der Waals surface area contributed by atoms with Gasteiger partial charge in [-0.2, -0.15) is 0 Å². The summed E-state index contributed by atoms with van der Waals surface area (Å²) in [4.78, 5) is 0. The van der Waals surface area contributed by atoms with E-state index in [1.54, 1.807) is 0 Å². The monoisotopic (exact) mass is 346 g/mol. The van der Waals surface area contributed by atoms with Crippen LogP contribution in [0.4, 0.5) is 0 Å². The van der Waals surface area contributed by atoms with E-state index in [1.807, 2.05) is 12.1 Å². The second-order valence-electron chi connectivity index (χ2n) is 7.67. The van der Waals surface area contributed by atoms with Gasteiger partial charge >= 0.3 is 0 Å². The summed E-state index contributed by atoms with van der Waals surface area (Å²) in [5.74, 6) is 1.14. The highest BCUT2D eigenvalue weighted by molar-refractivity contribution is 5.41. The summed E-state index contributed by atoms with van der Waals surface area (Å²) in [6.45, 7) is 6.83. The summed E-state index contributed by atoms with van der Waals surface area (Å²) in [7, 11) is 0. The van der Waals surface area contributed by atoms with Crippen molar-refractivity contribution in [2.45, 2.75) is 117 Å². The molecule has 0 fully saturated rings. The van der Waals surface area contributed by atoms with Crippen LogP contribution in [-0.2, 0) is 6.42 Å². The zero-order valence-corrected chi connectivity index (χ0v) is 17.2. The van der Waals surface area contributed by atoms with Gasteiger partial charge in [-0.3, -0.25) is 0 Å². The molecule has 1 nitrogen and oxygen atoms in total. The zero-order chi connectivity index (χ0) is 18.3.